The maximum absolute atomic E-state index is 12.4. The van der Waals surface area contributed by atoms with Crippen molar-refractivity contribution in [2.45, 2.75) is 25.5 Å². The van der Waals surface area contributed by atoms with Crippen molar-refractivity contribution in [3.63, 3.8) is 0 Å². The molecule has 0 atom stereocenters. The Labute approximate surface area is 192 Å². The summed E-state index contributed by atoms with van der Waals surface area (Å²) in [6.45, 7) is 4.73. The Balaban J connectivity index is 1.39. The number of amides is 1. The lowest BCUT2D eigenvalue weighted by molar-refractivity contribution is -0.113. The van der Waals surface area contributed by atoms with Crippen molar-refractivity contribution in [2.75, 3.05) is 11.1 Å². The summed E-state index contributed by atoms with van der Waals surface area (Å²) in [6, 6.07) is 15.5. The number of hydrogen-bond donors (Lipinski definition) is 1. The zero-order valence-electron chi connectivity index (χ0n) is 16.9. The third-order valence-corrected chi connectivity index (χ3v) is 6.54. The molecule has 0 saturated heterocycles. The van der Waals surface area contributed by atoms with Gasteiger partial charge in [0.1, 0.15) is 5.01 Å². The van der Waals surface area contributed by atoms with E-state index in [-0.39, 0.29) is 11.7 Å². The van der Waals surface area contributed by atoms with Gasteiger partial charge in [0.05, 0.1) is 5.75 Å². The molecule has 2 aromatic heterocycles. The van der Waals surface area contributed by atoms with Gasteiger partial charge < -0.3 is 4.57 Å². The average Bonchev–Trinajstić information content (AvgIpc) is 3.40. The Morgan fingerprint density at radius 1 is 1.03 bits per heavy atom. The molecule has 0 saturated carbocycles. The SMILES string of the molecule is CCn1c(SCC(=O)Nc2nnc(-c3ccc(C)cc3)s2)nnc1-c1ccc(Cl)cc1. The molecule has 0 aliphatic heterocycles. The second-order valence-electron chi connectivity index (χ2n) is 6.67. The number of aryl methyl sites for hydroxylation is 1. The minimum absolute atomic E-state index is 0.171. The number of carbonyl (C=O) groups is 1. The predicted molar refractivity (Wildman–Crippen MR) is 126 cm³/mol. The molecule has 0 aliphatic carbocycles. The average molecular weight is 471 g/mol. The van der Waals surface area contributed by atoms with Crippen LogP contribution in [-0.2, 0) is 11.3 Å². The third-order valence-electron chi connectivity index (χ3n) is 4.44. The minimum atomic E-state index is -0.171. The van der Waals surface area contributed by atoms with E-state index < -0.39 is 0 Å². The fraction of sp³-hybridized carbons (Fsp3) is 0.190. The Bertz CT molecular complexity index is 1190. The quantitative estimate of drug-likeness (QED) is 0.375. The van der Waals surface area contributed by atoms with E-state index in [0.29, 0.717) is 21.9 Å². The molecular weight excluding hydrogens is 452 g/mol. The Morgan fingerprint density at radius 2 is 1.74 bits per heavy atom. The van der Waals surface area contributed by atoms with Crippen LogP contribution in [0, 0.1) is 6.92 Å². The lowest BCUT2D eigenvalue weighted by Crippen LogP contribution is -2.14. The number of nitrogens with zero attached hydrogens (tertiary/aromatic N) is 5. The Morgan fingerprint density at radius 3 is 2.45 bits per heavy atom. The van der Waals surface area contributed by atoms with Gasteiger partial charge in [0.2, 0.25) is 11.0 Å². The zero-order valence-corrected chi connectivity index (χ0v) is 19.3. The van der Waals surface area contributed by atoms with Crippen LogP contribution in [-0.4, -0.2) is 36.6 Å². The van der Waals surface area contributed by atoms with E-state index in [9.17, 15) is 4.79 Å². The summed E-state index contributed by atoms with van der Waals surface area (Å²) in [5, 5.41) is 22.2. The van der Waals surface area contributed by atoms with Crippen molar-refractivity contribution < 1.29 is 4.79 Å². The topological polar surface area (TPSA) is 85.6 Å². The zero-order chi connectivity index (χ0) is 21.8. The van der Waals surface area contributed by atoms with E-state index in [4.69, 9.17) is 11.6 Å². The molecule has 1 amide bonds. The van der Waals surface area contributed by atoms with Gasteiger partial charge in [-0.05, 0) is 38.1 Å². The Kier molecular flexibility index (Phi) is 6.64. The van der Waals surface area contributed by atoms with Gasteiger partial charge in [0.15, 0.2) is 11.0 Å². The summed E-state index contributed by atoms with van der Waals surface area (Å²) in [4.78, 5) is 12.4. The first-order chi connectivity index (χ1) is 15.0. The normalized spacial score (nSPS) is 10.9. The fourth-order valence-electron chi connectivity index (χ4n) is 2.87. The molecule has 7 nitrogen and oxygen atoms in total. The molecule has 0 fully saturated rings. The number of hydrogen-bond acceptors (Lipinski definition) is 7. The number of rotatable bonds is 7. The van der Waals surface area contributed by atoms with Crippen molar-refractivity contribution >= 4 is 45.7 Å². The molecule has 0 radical (unpaired) electrons. The molecule has 10 heteroatoms. The number of thioether (sulfide) groups is 1. The van der Waals surface area contributed by atoms with Crippen LogP contribution in [0.3, 0.4) is 0 Å². The van der Waals surface area contributed by atoms with Gasteiger partial charge in [-0.2, -0.15) is 0 Å². The summed E-state index contributed by atoms with van der Waals surface area (Å²) >= 11 is 8.65. The summed E-state index contributed by atoms with van der Waals surface area (Å²) in [5.74, 6) is 0.766. The smallest absolute Gasteiger partial charge is 0.236 e. The number of halogens is 1. The molecular formula is C21H19ClN6OS2. The highest BCUT2D eigenvalue weighted by Gasteiger charge is 2.16. The van der Waals surface area contributed by atoms with Crippen LogP contribution in [0.2, 0.25) is 5.02 Å². The van der Waals surface area contributed by atoms with Crippen LogP contribution >= 0.6 is 34.7 Å². The van der Waals surface area contributed by atoms with Crippen LogP contribution in [0.15, 0.2) is 53.7 Å². The van der Waals surface area contributed by atoms with Crippen molar-refractivity contribution in [2.24, 2.45) is 0 Å². The molecule has 4 aromatic rings. The molecule has 0 spiro atoms. The van der Waals surface area contributed by atoms with E-state index in [2.05, 4.69) is 25.7 Å². The summed E-state index contributed by atoms with van der Waals surface area (Å²) in [6.07, 6.45) is 0. The van der Waals surface area contributed by atoms with E-state index in [1.807, 2.05) is 66.9 Å². The lowest BCUT2D eigenvalue weighted by atomic mass is 10.2. The number of anilines is 1. The summed E-state index contributed by atoms with van der Waals surface area (Å²) < 4.78 is 1.97. The molecule has 0 aliphatic rings. The standard InChI is InChI=1S/C21H19ClN6OS2/c1-3-28-18(14-8-10-16(22)11-9-14)24-27-21(28)30-12-17(29)23-20-26-25-19(31-20)15-6-4-13(2)5-7-15/h4-11H,3,12H2,1-2H3,(H,23,26,29). The van der Waals surface area contributed by atoms with Crippen molar-refractivity contribution in [1.82, 2.24) is 25.0 Å². The number of benzene rings is 2. The van der Waals surface area contributed by atoms with Crippen LogP contribution in [0.1, 0.15) is 12.5 Å². The monoisotopic (exact) mass is 470 g/mol. The van der Waals surface area contributed by atoms with Crippen LogP contribution < -0.4 is 5.32 Å². The number of nitrogens with one attached hydrogen (secondary N) is 1. The summed E-state index contributed by atoms with van der Waals surface area (Å²) in [5.41, 5.74) is 3.08. The predicted octanol–water partition coefficient (Wildman–Crippen LogP) is 5.18. The van der Waals surface area contributed by atoms with Gasteiger partial charge in [0, 0.05) is 22.7 Å². The first kappa shape index (κ1) is 21.5. The largest absolute Gasteiger partial charge is 0.302 e. The molecule has 0 unspecified atom stereocenters. The van der Waals surface area contributed by atoms with Crippen LogP contribution in [0.5, 0.6) is 0 Å². The molecule has 158 valence electrons. The number of aromatic nitrogens is 5. The highest BCUT2D eigenvalue weighted by Crippen LogP contribution is 2.28. The summed E-state index contributed by atoms with van der Waals surface area (Å²) in [7, 11) is 0. The van der Waals surface area contributed by atoms with Crippen molar-refractivity contribution in [3.8, 4) is 22.0 Å². The Hall–Kier alpha value is -2.75. The van der Waals surface area contributed by atoms with Crippen LogP contribution in [0.4, 0.5) is 5.13 Å². The molecule has 31 heavy (non-hydrogen) atoms. The third kappa shape index (κ3) is 5.12. The van der Waals surface area contributed by atoms with Crippen molar-refractivity contribution in [3.05, 3.63) is 59.1 Å². The van der Waals surface area contributed by atoms with Gasteiger partial charge in [0.25, 0.3) is 0 Å². The molecule has 1 N–H and O–H groups in total. The lowest BCUT2D eigenvalue weighted by Gasteiger charge is -2.07. The second-order valence-corrected chi connectivity index (χ2v) is 9.03. The molecule has 2 heterocycles. The maximum Gasteiger partial charge on any atom is 0.236 e. The van der Waals surface area contributed by atoms with Crippen LogP contribution in [0.25, 0.3) is 22.0 Å². The van der Waals surface area contributed by atoms with Gasteiger partial charge in [-0.15, -0.1) is 20.4 Å². The highest BCUT2D eigenvalue weighted by atomic mass is 35.5. The molecule has 0 bridgehead atoms. The molecule has 2 aromatic carbocycles. The first-order valence-corrected chi connectivity index (χ1v) is 11.7. The van der Waals surface area contributed by atoms with Gasteiger partial charge in [-0.3, -0.25) is 10.1 Å². The second kappa shape index (κ2) is 9.59. The maximum atomic E-state index is 12.4. The van der Waals surface area contributed by atoms with Crippen molar-refractivity contribution in [1.29, 1.82) is 0 Å². The van der Waals surface area contributed by atoms with E-state index in [0.717, 1.165) is 22.0 Å². The van der Waals surface area contributed by atoms with E-state index in [1.165, 1.54) is 28.7 Å². The number of carbonyl (C=O) groups excluding carboxylic acids is 1. The van der Waals surface area contributed by atoms with Gasteiger partial charge in [-0.1, -0.05) is 64.5 Å². The minimum Gasteiger partial charge on any atom is -0.302 e. The fourth-order valence-corrected chi connectivity index (χ4v) is 4.56. The van der Waals surface area contributed by atoms with E-state index >= 15 is 0 Å². The van der Waals surface area contributed by atoms with Gasteiger partial charge >= 0.3 is 0 Å². The highest BCUT2D eigenvalue weighted by molar-refractivity contribution is 7.99. The first-order valence-electron chi connectivity index (χ1n) is 9.56. The van der Waals surface area contributed by atoms with E-state index in [1.54, 1.807) is 0 Å². The van der Waals surface area contributed by atoms with Gasteiger partial charge in [-0.25, -0.2) is 0 Å². The molecule has 4 rings (SSSR count).